The van der Waals surface area contributed by atoms with Gasteiger partial charge in [0.05, 0.1) is 5.41 Å². The Morgan fingerprint density at radius 3 is 1.35 bits per heavy atom. The van der Waals surface area contributed by atoms with Gasteiger partial charge in [-0.3, -0.25) is 0 Å². The zero-order valence-electron chi connectivity index (χ0n) is 23.4. The van der Waals surface area contributed by atoms with E-state index in [1.54, 1.807) is 0 Å². The summed E-state index contributed by atoms with van der Waals surface area (Å²) in [6.07, 6.45) is 0. The molecule has 0 aromatic heterocycles. The number of hydrogen-bond donors (Lipinski definition) is 0. The number of fused-ring (bicyclic) bond motifs is 9. The summed E-state index contributed by atoms with van der Waals surface area (Å²) in [4.78, 5) is 0. The summed E-state index contributed by atoms with van der Waals surface area (Å²) < 4.78 is 15.7. The molecule has 0 aliphatic heterocycles. The van der Waals surface area contributed by atoms with Gasteiger partial charge in [-0.2, -0.15) is 0 Å². The molecule has 7 aromatic rings. The molecule has 2 aliphatic carbocycles. The highest BCUT2D eigenvalue weighted by Gasteiger charge is 2.50. The third-order valence-corrected chi connectivity index (χ3v) is 12.7. The first kappa shape index (κ1) is 24.6. The van der Waals surface area contributed by atoms with Crippen molar-refractivity contribution in [1.29, 1.82) is 0 Å². The maximum atomic E-state index is 15.7. The van der Waals surface area contributed by atoms with E-state index in [2.05, 4.69) is 103 Å². The minimum Gasteiger partial charge on any atom is -0.309 e. The lowest BCUT2D eigenvalue weighted by atomic mass is 9.61. The summed E-state index contributed by atoms with van der Waals surface area (Å²) in [5.74, 6) is 0. The lowest BCUT2D eigenvalue weighted by molar-refractivity contribution is 0.592. The lowest BCUT2D eigenvalue weighted by Gasteiger charge is -2.40. The van der Waals surface area contributed by atoms with Crippen molar-refractivity contribution < 1.29 is 4.57 Å². The van der Waals surface area contributed by atoms with Crippen LogP contribution < -0.4 is 15.9 Å². The summed E-state index contributed by atoms with van der Waals surface area (Å²) in [5.41, 5.74) is 9.69. The van der Waals surface area contributed by atoms with Gasteiger partial charge in [0.1, 0.15) is 0 Å². The Morgan fingerprint density at radius 1 is 0.372 bits per heavy atom. The summed E-state index contributed by atoms with van der Waals surface area (Å²) >= 11 is 0. The van der Waals surface area contributed by atoms with Crippen molar-refractivity contribution in [2.45, 2.75) is 5.41 Å². The highest BCUT2D eigenvalue weighted by molar-refractivity contribution is 7.85. The normalized spacial score (nSPS) is 13.9. The predicted octanol–water partition coefficient (Wildman–Crippen LogP) is 8.82. The smallest absolute Gasteiger partial charge is 0.171 e. The molecule has 0 fully saturated rings. The Hall–Kier alpha value is -4.97. The molecular weight excluding hydrogens is 539 g/mol. The topological polar surface area (TPSA) is 17.1 Å². The Morgan fingerprint density at radius 2 is 0.814 bits per heavy atom. The van der Waals surface area contributed by atoms with Crippen LogP contribution in [0.5, 0.6) is 0 Å². The van der Waals surface area contributed by atoms with E-state index in [4.69, 9.17) is 0 Å². The molecule has 0 heterocycles. The molecule has 0 bridgehead atoms. The Bertz CT molecular complexity index is 2180. The van der Waals surface area contributed by atoms with Crippen molar-refractivity contribution in [2.24, 2.45) is 0 Å². The molecule has 0 unspecified atom stereocenters. The predicted molar refractivity (Wildman–Crippen MR) is 180 cm³/mol. The van der Waals surface area contributed by atoms with E-state index in [-0.39, 0.29) is 0 Å². The van der Waals surface area contributed by atoms with Gasteiger partial charge in [0.2, 0.25) is 0 Å². The second-order valence-electron chi connectivity index (χ2n) is 11.5. The number of benzene rings is 7. The van der Waals surface area contributed by atoms with E-state index in [9.17, 15) is 0 Å². The van der Waals surface area contributed by atoms with Crippen LogP contribution in [0.15, 0.2) is 164 Å². The van der Waals surface area contributed by atoms with Gasteiger partial charge in [-0.15, -0.1) is 0 Å². The number of rotatable bonds is 3. The zero-order chi connectivity index (χ0) is 28.6. The van der Waals surface area contributed by atoms with Gasteiger partial charge in [-0.1, -0.05) is 158 Å². The van der Waals surface area contributed by atoms with Crippen LogP contribution in [0.2, 0.25) is 0 Å². The molecule has 0 saturated carbocycles. The van der Waals surface area contributed by atoms with E-state index >= 15 is 4.57 Å². The molecule has 0 N–H and O–H groups in total. The van der Waals surface area contributed by atoms with E-state index in [0.29, 0.717) is 0 Å². The average Bonchev–Trinajstić information content (AvgIpc) is 3.38. The zero-order valence-corrected chi connectivity index (χ0v) is 24.3. The van der Waals surface area contributed by atoms with Gasteiger partial charge in [0.15, 0.2) is 7.14 Å². The van der Waals surface area contributed by atoms with Crippen LogP contribution in [0.4, 0.5) is 0 Å². The van der Waals surface area contributed by atoms with Gasteiger partial charge >= 0.3 is 0 Å². The molecular formula is C41H27OP. The molecule has 9 rings (SSSR count). The Balaban J connectivity index is 1.46. The second-order valence-corrected chi connectivity index (χ2v) is 14.3. The number of hydrogen-bond acceptors (Lipinski definition) is 1. The second kappa shape index (κ2) is 9.01. The van der Waals surface area contributed by atoms with Crippen LogP contribution in [0.3, 0.4) is 0 Å². The Labute approximate surface area is 251 Å². The molecule has 1 spiro atoms. The van der Waals surface area contributed by atoms with Crippen LogP contribution in [-0.2, 0) is 9.98 Å². The molecule has 0 radical (unpaired) electrons. The van der Waals surface area contributed by atoms with E-state index in [1.165, 1.54) is 49.9 Å². The minimum absolute atomic E-state index is 0.474. The highest BCUT2D eigenvalue weighted by atomic mass is 31.2. The standard InChI is InChI=1S/C41H27OP/c42-43(28-14-3-1-4-15-28,29-16-5-2-6-17-29)39-27-26-33-32-20-9-12-24-37(32)41(38-25-13-21-34(39)40(33)38)35-22-10-7-18-30(35)31-19-8-11-23-36(31)41/h1-27H. The summed E-state index contributed by atoms with van der Waals surface area (Å²) in [6, 6.07) is 57.7. The Kier molecular flexibility index (Phi) is 5.16. The van der Waals surface area contributed by atoms with Crippen molar-refractivity contribution in [2.75, 3.05) is 0 Å². The van der Waals surface area contributed by atoms with E-state index < -0.39 is 12.6 Å². The highest BCUT2D eigenvalue weighted by Crippen LogP contribution is 2.62. The first-order valence-corrected chi connectivity index (χ1v) is 16.5. The average molecular weight is 567 g/mol. The molecule has 43 heavy (non-hydrogen) atoms. The maximum Gasteiger partial charge on any atom is 0.171 e. The van der Waals surface area contributed by atoms with Gasteiger partial charge in [-0.25, -0.2) is 0 Å². The quantitative estimate of drug-likeness (QED) is 0.195. The van der Waals surface area contributed by atoms with Crippen molar-refractivity contribution in [3.05, 3.63) is 186 Å². The fourth-order valence-corrected chi connectivity index (χ4v) is 10.8. The van der Waals surface area contributed by atoms with Crippen LogP contribution in [0, 0.1) is 0 Å². The van der Waals surface area contributed by atoms with E-state index in [0.717, 1.165) is 21.3 Å². The van der Waals surface area contributed by atoms with Gasteiger partial charge < -0.3 is 4.57 Å². The first-order chi connectivity index (χ1) is 21.2. The summed E-state index contributed by atoms with van der Waals surface area (Å²) in [5, 5.41) is 4.84. The lowest BCUT2D eigenvalue weighted by Crippen LogP contribution is -2.32. The molecule has 1 nitrogen and oxygen atoms in total. The largest absolute Gasteiger partial charge is 0.309 e. The van der Waals surface area contributed by atoms with Crippen molar-refractivity contribution >= 4 is 33.8 Å². The third kappa shape index (κ3) is 3.10. The molecule has 0 amide bonds. The van der Waals surface area contributed by atoms with Gasteiger partial charge in [0.25, 0.3) is 0 Å². The fourth-order valence-electron chi connectivity index (χ4n) is 7.91. The van der Waals surface area contributed by atoms with Gasteiger partial charge in [-0.05, 0) is 61.3 Å². The molecule has 0 saturated heterocycles. The maximum absolute atomic E-state index is 15.7. The summed E-state index contributed by atoms with van der Waals surface area (Å²) in [6.45, 7) is 0. The molecule has 2 aliphatic rings. The van der Waals surface area contributed by atoms with E-state index in [1.807, 2.05) is 60.7 Å². The SMILES string of the molecule is O=P(c1ccccc1)(c1ccccc1)c1ccc2c3c(cccc13)C1(c3ccccc3-c3ccccc31)c1ccccc1-2. The molecule has 2 heteroatoms. The minimum atomic E-state index is -3.21. The van der Waals surface area contributed by atoms with Crippen molar-refractivity contribution in [3.8, 4) is 22.3 Å². The van der Waals surface area contributed by atoms with Crippen LogP contribution in [-0.4, -0.2) is 0 Å². The molecule has 7 aromatic carbocycles. The molecule has 0 atom stereocenters. The third-order valence-electron chi connectivity index (χ3n) is 9.57. The first-order valence-electron chi connectivity index (χ1n) is 14.8. The van der Waals surface area contributed by atoms with Crippen LogP contribution >= 0.6 is 7.14 Å². The van der Waals surface area contributed by atoms with Crippen LogP contribution in [0.25, 0.3) is 33.0 Å². The fraction of sp³-hybridized carbons (Fsp3) is 0.0244. The molecule has 202 valence electrons. The van der Waals surface area contributed by atoms with Crippen LogP contribution in [0.1, 0.15) is 22.3 Å². The summed E-state index contributed by atoms with van der Waals surface area (Å²) in [7, 11) is -3.21. The van der Waals surface area contributed by atoms with Crippen molar-refractivity contribution in [1.82, 2.24) is 0 Å². The van der Waals surface area contributed by atoms with Crippen molar-refractivity contribution in [3.63, 3.8) is 0 Å². The van der Waals surface area contributed by atoms with Gasteiger partial charge in [0, 0.05) is 15.9 Å². The monoisotopic (exact) mass is 566 g/mol.